The Hall–Kier alpha value is -1.99. The minimum Gasteiger partial charge on any atom is -0.322 e. The van der Waals surface area contributed by atoms with Gasteiger partial charge in [-0.3, -0.25) is 4.79 Å². The average Bonchev–Trinajstić information content (AvgIpc) is 2.43. The van der Waals surface area contributed by atoms with E-state index >= 15 is 0 Å². The first kappa shape index (κ1) is 15.4. The van der Waals surface area contributed by atoms with Crippen LogP contribution in [0.25, 0.3) is 0 Å². The smallest absolute Gasteiger partial charge is 0.255 e. The van der Waals surface area contributed by atoms with Crippen LogP contribution in [-0.4, -0.2) is 14.3 Å². The fourth-order valence-corrected chi connectivity index (χ4v) is 2.39. The molecule has 0 aliphatic carbocycles. The SMILES string of the molecule is O=C(Nc1ccc(F)c(F)c1)c1ccc(Cl)c([SH](=O)=O)c1. The van der Waals surface area contributed by atoms with Crippen LogP contribution in [0, 0.1) is 11.6 Å². The van der Waals surface area contributed by atoms with Gasteiger partial charge in [0.05, 0.1) is 9.92 Å². The Morgan fingerprint density at radius 1 is 1.05 bits per heavy atom. The molecule has 2 aromatic carbocycles. The monoisotopic (exact) mass is 331 g/mol. The predicted octanol–water partition coefficient (Wildman–Crippen LogP) is 2.84. The lowest BCUT2D eigenvalue weighted by atomic mass is 10.2. The first-order valence-corrected chi connectivity index (χ1v) is 7.14. The molecule has 0 saturated carbocycles. The third-order valence-electron chi connectivity index (χ3n) is 2.58. The summed E-state index contributed by atoms with van der Waals surface area (Å²) < 4.78 is 47.7. The molecule has 110 valence electrons. The van der Waals surface area contributed by atoms with Crippen molar-refractivity contribution in [1.29, 1.82) is 0 Å². The molecule has 0 aromatic heterocycles. The third-order valence-corrected chi connectivity index (χ3v) is 3.81. The van der Waals surface area contributed by atoms with Gasteiger partial charge in [-0.1, -0.05) is 11.6 Å². The predicted molar refractivity (Wildman–Crippen MR) is 74.3 cm³/mol. The lowest BCUT2D eigenvalue weighted by Gasteiger charge is -2.06. The average molecular weight is 332 g/mol. The van der Waals surface area contributed by atoms with Crippen molar-refractivity contribution >= 4 is 33.9 Å². The second-order valence-corrected chi connectivity index (χ2v) is 5.41. The highest BCUT2D eigenvalue weighted by atomic mass is 35.5. The van der Waals surface area contributed by atoms with Gasteiger partial charge in [-0.25, -0.2) is 17.2 Å². The number of carbonyl (C=O) groups is 1. The molecule has 21 heavy (non-hydrogen) atoms. The number of rotatable bonds is 3. The van der Waals surface area contributed by atoms with Gasteiger partial charge < -0.3 is 5.32 Å². The molecule has 2 rings (SSSR count). The van der Waals surface area contributed by atoms with Gasteiger partial charge >= 0.3 is 0 Å². The maximum Gasteiger partial charge on any atom is 0.255 e. The van der Waals surface area contributed by atoms with Crippen molar-refractivity contribution in [3.8, 4) is 0 Å². The molecule has 4 nitrogen and oxygen atoms in total. The van der Waals surface area contributed by atoms with E-state index in [4.69, 9.17) is 11.6 Å². The summed E-state index contributed by atoms with van der Waals surface area (Å²) in [4.78, 5) is 11.7. The number of thiol groups is 1. The fraction of sp³-hybridized carbons (Fsp3) is 0. The maximum absolute atomic E-state index is 13.0. The van der Waals surface area contributed by atoms with Crippen LogP contribution in [0.2, 0.25) is 5.02 Å². The second-order valence-electron chi connectivity index (χ2n) is 4.01. The molecule has 2 aromatic rings. The van der Waals surface area contributed by atoms with E-state index in [1.807, 2.05) is 0 Å². The summed E-state index contributed by atoms with van der Waals surface area (Å²) >= 11 is 5.69. The minimum atomic E-state index is -2.95. The van der Waals surface area contributed by atoms with Gasteiger partial charge in [0.25, 0.3) is 5.91 Å². The summed E-state index contributed by atoms with van der Waals surface area (Å²) in [5, 5.41) is 2.32. The number of benzene rings is 2. The van der Waals surface area contributed by atoms with Crippen LogP contribution in [0.15, 0.2) is 41.3 Å². The number of anilines is 1. The molecule has 0 fully saturated rings. The summed E-state index contributed by atoms with van der Waals surface area (Å²) in [6.45, 7) is 0. The highest BCUT2D eigenvalue weighted by molar-refractivity contribution is 7.72. The largest absolute Gasteiger partial charge is 0.322 e. The van der Waals surface area contributed by atoms with Crippen molar-refractivity contribution in [3.05, 3.63) is 58.6 Å². The molecular weight excluding hydrogens is 324 g/mol. The first-order valence-electron chi connectivity index (χ1n) is 5.59. The number of hydrogen-bond donors (Lipinski definition) is 2. The zero-order chi connectivity index (χ0) is 15.6. The quantitative estimate of drug-likeness (QED) is 0.850. The Kier molecular flexibility index (Phi) is 4.54. The summed E-state index contributed by atoms with van der Waals surface area (Å²) in [5.41, 5.74) is 0.0697. The van der Waals surface area contributed by atoms with E-state index in [0.717, 1.165) is 18.2 Å². The Balaban J connectivity index is 2.28. The molecule has 0 unspecified atom stereocenters. The third kappa shape index (κ3) is 3.56. The fourth-order valence-electron chi connectivity index (χ4n) is 1.57. The van der Waals surface area contributed by atoms with Crippen molar-refractivity contribution in [3.63, 3.8) is 0 Å². The molecule has 0 aliphatic heterocycles. The van der Waals surface area contributed by atoms with E-state index in [9.17, 15) is 22.0 Å². The normalized spacial score (nSPS) is 10.7. The van der Waals surface area contributed by atoms with Crippen molar-refractivity contribution in [2.45, 2.75) is 4.90 Å². The van der Waals surface area contributed by atoms with E-state index in [1.54, 1.807) is 0 Å². The van der Waals surface area contributed by atoms with Gasteiger partial charge in [0.1, 0.15) is 0 Å². The van der Waals surface area contributed by atoms with Crippen molar-refractivity contribution in [2.24, 2.45) is 0 Å². The van der Waals surface area contributed by atoms with E-state index in [2.05, 4.69) is 5.32 Å². The zero-order valence-corrected chi connectivity index (χ0v) is 11.9. The van der Waals surface area contributed by atoms with Crippen molar-refractivity contribution < 1.29 is 22.0 Å². The van der Waals surface area contributed by atoms with E-state index in [-0.39, 0.29) is 21.2 Å². The number of amides is 1. The standard InChI is InChI=1S/C13H8ClF2NO3S/c14-9-3-1-7(5-12(9)21(19)20)13(18)17-8-2-4-10(15)11(16)6-8/h1-6,21H,(H,17,18). The van der Waals surface area contributed by atoms with Gasteiger partial charge in [0.2, 0.25) is 0 Å². The highest BCUT2D eigenvalue weighted by Crippen LogP contribution is 2.20. The summed E-state index contributed by atoms with van der Waals surface area (Å²) in [6, 6.07) is 6.55. The molecule has 0 radical (unpaired) electrons. The van der Waals surface area contributed by atoms with Crippen LogP contribution in [0.1, 0.15) is 10.4 Å². The highest BCUT2D eigenvalue weighted by Gasteiger charge is 2.12. The van der Waals surface area contributed by atoms with Crippen molar-refractivity contribution in [2.75, 3.05) is 5.32 Å². The zero-order valence-electron chi connectivity index (χ0n) is 10.3. The van der Waals surface area contributed by atoms with Gasteiger partial charge in [0.15, 0.2) is 22.3 Å². The first-order chi connectivity index (χ1) is 9.88. The number of carbonyl (C=O) groups excluding carboxylic acids is 1. The molecule has 1 N–H and O–H groups in total. The molecular formula is C13H8ClF2NO3S. The molecule has 0 atom stereocenters. The molecule has 1 amide bonds. The molecule has 0 aliphatic rings. The summed E-state index contributed by atoms with van der Waals surface area (Å²) in [7, 11) is -2.95. The molecule has 0 heterocycles. The number of hydrogen-bond acceptors (Lipinski definition) is 3. The Morgan fingerprint density at radius 3 is 2.38 bits per heavy atom. The van der Waals surface area contributed by atoms with Gasteiger partial charge in [-0.15, -0.1) is 0 Å². The maximum atomic E-state index is 13.0. The lowest BCUT2D eigenvalue weighted by molar-refractivity contribution is 0.102. The van der Waals surface area contributed by atoms with Gasteiger partial charge in [-0.2, -0.15) is 0 Å². The van der Waals surface area contributed by atoms with E-state index in [1.165, 1.54) is 18.2 Å². The van der Waals surface area contributed by atoms with Crippen LogP contribution in [0.3, 0.4) is 0 Å². The second kappa shape index (κ2) is 6.19. The Labute approximate surface area is 125 Å². The lowest BCUT2D eigenvalue weighted by Crippen LogP contribution is -2.12. The molecule has 8 heteroatoms. The van der Waals surface area contributed by atoms with Gasteiger partial charge in [0, 0.05) is 17.3 Å². The minimum absolute atomic E-state index is 0.00418. The molecule has 0 bridgehead atoms. The topological polar surface area (TPSA) is 63.2 Å². The van der Waals surface area contributed by atoms with Crippen LogP contribution >= 0.6 is 11.6 Å². The summed E-state index contributed by atoms with van der Waals surface area (Å²) in [5.74, 6) is -2.81. The van der Waals surface area contributed by atoms with Crippen LogP contribution in [-0.2, 0) is 10.7 Å². The number of halogens is 3. The van der Waals surface area contributed by atoms with Gasteiger partial charge in [-0.05, 0) is 30.3 Å². The Morgan fingerprint density at radius 2 is 1.76 bits per heavy atom. The van der Waals surface area contributed by atoms with E-state index < -0.39 is 28.2 Å². The molecule has 0 spiro atoms. The van der Waals surface area contributed by atoms with E-state index in [0.29, 0.717) is 0 Å². The van der Waals surface area contributed by atoms with Crippen LogP contribution in [0.4, 0.5) is 14.5 Å². The van der Waals surface area contributed by atoms with Crippen LogP contribution < -0.4 is 5.32 Å². The number of nitrogens with one attached hydrogen (secondary N) is 1. The summed E-state index contributed by atoms with van der Waals surface area (Å²) in [6.07, 6.45) is 0. The van der Waals surface area contributed by atoms with Crippen molar-refractivity contribution in [1.82, 2.24) is 0 Å². The van der Waals surface area contributed by atoms with Crippen LogP contribution in [0.5, 0.6) is 0 Å². The molecule has 0 saturated heterocycles. The Bertz CT molecular complexity index is 785.